The van der Waals surface area contributed by atoms with Crippen LogP contribution in [0.15, 0.2) is 54.7 Å². The predicted molar refractivity (Wildman–Crippen MR) is 142 cm³/mol. The number of carbonyl (C=O) groups is 1. The first-order valence-corrected chi connectivity index (χ1v) is 13.1. The van der Waals surface area contributed by atoms with Crippen molar-refractivity contribution in [1.82, 2.24) is 14.7 Å². The molecule has 0 saturated carbocycles. The summed E-state index contributed by atoms with van der Waals surface area (Å²) in [6, 6.07) is 14.3. The monoisotopic (exact) mass is 543 g/mol. The van der Waals surface area contributed by atoms with Crippen LogP contribution in [0.1, 0.15) is 33.5 Å². The van der Waals surface area contributed by atoms with Crippen molar-refractivity contribution in [3.8, 4) is 5.75 Å². The second kappa shape index (κ2) is 10.2. The van der Waals surface area contributed by atoms with Crippen LogP contribution in [0.25, 0.3) is 4.96 Å². The van der Waals surface area contributed by atoms with Gasteiger partial charge in [0.2, 0.25) is 0 Å². The van der Waals surface area contributed by atoms with Gasteiger partial charge in [0.25, 0.3) is 5.91 Å². The molecule has 5 rings (SSSR count). The van der Waals surface area contributed by atoms with Crippen molar-refractivity contribution >= 4 is 33.6 Å². The molecule has 0 aliphatic carbocycles. The predicted octanol–water partition coefficient (Wildman–Crippen LogP) is 5.42. The van der Waals surface area contributed by atoms with E-state index in [4.69, 9.17) is 0 Å². The van der Waals surface area contributed by atoms with Crippen molar-refractivity contribution < 1.29 is 22.7 Å². The van der Waals surface area contributed by atoms with Gasteiger partial charge in [-0.25, -0.2) is 4.98 Å². The number of aryl methyl sites for hydroxylation is 2. The minimum absolute atomic E-state index is 0.138. The third-order valence-electron chi connectivity index (χ3n) is 6.71. The zero-order valence-corrected chi connectivity index (χ0v) is 22.1. The number of carbonyl (C=O) groups excluding carboxylic acids is 1. The summed E-state index contributed by atoms with van der Waals surface area (Å²) in [4.78, 5) is 23.8. The molecular formula is C27H28F3N5O2S. The van der Waals surface area contributed by atoms with Crippen LogP contribution in [0.4, 0.5) is 24.5 Å². The van der Waals surface area contributed by atoms with Crippen LogP contribution >= 0.6 is 11.3 Å². The summed E-state index contributed by atoms with van der Waals surface area (Å²) in [5.41, 5.74) is 4.30. The van der Waals surface area contributed by atoms with Crippen molar-refractivity contribution in [3.05, 3.63) is 76.6 Å². The first-order valence-electron chi connectivity index (χ1n) is 12.3. The van der Waals surface area contributed by atoms with E-state index in [0.29, 0.717) is 18.7 Å². The average Bonchev–Trinajstić information content (AvgIpc) is 3.37. The molecule has 1 amide bonds. The molecule has 0 radical (unpaired) electrons. The van der Waals surface area contributed by atoms with Gasteiger partial charge in [-0.1, -0.05) is 19.1 Å². The Labute approximate surface area is 222 Å². The third-order valence-corrected chi connectivity index (χ3v) is 7.60. The normalized spacial score (nSPS) is 14.0. The molecule has 1 aliphatic heterocycles. The van der Waals surface area contributed by atoms with E-state index in [1.807, 2.05) is 55.8 Å². The molecule has 4 aromatic rings. The molecule has 1 fully saturated rings. The number of hydrogen-bond donors (Lipinski definition) is 1. The summed E-state index contributed by atoms with van der Waals surface area (Å²) in [6.07, 6.45) is -2.06. The van der Waals surface area contributed by atoms with E-state index in [2.05, 4.69) is 24.8 Å². The summed E-state index contributed by atoms with van der Waals surface area (Å²) in [5, 5.41) is 3.02. The zero-order chi connectivity index (χ0) is 27.0. The van der Waals surface area contributed by atoms with Gasteiger partial charge in [0.05, 0.1) is 11.7 Å². The molecule has 2 aromatic heterocycles. The standard InChI is InChI=1S/C27H28F3N5O2S/c1-4-23-24(35-14-17(2)38-26(35)32-23)25(36)31-13-18-5-7-19(8-6-18)33(3)21-15-34(16-21)20-9-11-22(12-10-20)37-27(28,29)30/h5-12,14,21H,4,13,15-16H2,1-3H3,(H,31,36). The SMILES string of the molecule is CCc1nc2sc(C)cn2c1C(=O)NCc1ccc(N(C)C2CN(c3ccc(OC(F)(F)F)cc3)C2)cc1. The Kier molecular flexibility index (Phi) is 6.95. The summed E-state index contributed by atoms with van der Waals surface area (Å²) in [5.74, 6) is -0.363. The number of rotatable bonds is 8. The molecule has 0 unspecified atom stereocenters. The smallest absolute Gasteiger partial charge is 0.406 e. The van der Waals surface area contributed by atoms with Crippen LogP contribution in [0.2, 0.25) is 0 Å². The Bertz CT molecular complexity index is 1420. The fourth-order valence-electron chi connectivity index (χ4n) is 4.58. The second-order valence-corrected chi connectivity index (χ2v) is 10.5. The number of imidazole rings is 1. The fraction of sp³-hybridized carbons (Fsp3) is 0.333. The van der Waals surface area contributed by atoms with Gasteiger partial charge in [-0.2, -0.15) is 0 Å². The Morgan fingerprint density at radius 2 is 1.84 bits per heavy atom. The molecule has 11 heteroatoms. The first kappa shape index (κ1) is 25.9. The highest BCUT2D eigenvalue weighted by Crippen LogP contribution is 2.30. The van der Waals surface area contributed by atoms with Gasteiger partial charge in [-0.3, -0.25) is 9.20 Å². The van der Waals surface area contributed by atoms with Crippen LogP contribution in [-0.2, 0) is 13.0 Å². The Morgan fingerprint density at radius 1 is 1.16 bits per heavy atom. The second-order valence-electron chi connectivity index (χ2n) is 9.32. The molecule has 38 heavy (non-hydrogen) atoms. The summed E-state index contributed by atoms with van der Waals surface area (Å²) < 4.78 is 42.9. The van der Waals surface area contributed by atoms with E-state index >= 15 is 0 Å². The molecule has 7 nitrogen and oxygen atoms in total. The molecule has 0 spiro atoms. The zero-order valence-electron chi connectivity index (χ0n) is 21.2. The van der Waals surface area contributed by atoms with Crippen molar-refractivity contribution in [1.29, 1.82) is 0 Å². The molecule has 1 aliphatic rings. The number of ether oxygens (including phenoxy) is 1. The Balaban J connectivity index is 1.14. The van der Waals surface area contributed by atoms with Gasteiger partial charge < -0.3 is 19.9 Å². The van der Waals surface area contributed by atoms with E-state index in [1.165, 1.54) is 12.1 Å². The number of fused-ring (bicyclic) bond motifs is 1. The van der Waals surface area contributed by atoms with E-state index < -0.39 is 6.36 Å². The number of nitrogens with one attached hydrogen (secondary N) is 1. The number of benzene rings is 2. The summed E-state index contributed by atoms with van der Waals surface area (Å²) >= 11 is 1.57. The van der Waals surface area contributed by atoms with Crippen LogP contribution in [0.5, 0.6) is 5.75 Å². The first-order chi connectivity index (χ1) is 18.1. The number of likely N-dealkylation sites (N-methyl/N-ethyl adjacent to an activating group) is 1. The molecule has 200 valence electrons. The number of aromatic nitrogens is 2. The van der Waals surface area contributed by atoms with Gasteiger partial charge in [0.1, 0.15) is 11.4 Å². The lowest BCUT2D eigenvalue weighted by Gasteiger charge is -2.46. The van der Waals surface area contributed by atoms with Crippen LogP contribution in [0.3, 0.4) is 0 Å². The minimum Gasteiger partial charge on any atom is -0.406 e. The number of hydrogen-bond acceptors (Lipinski definition) is 6. The van der Waals surface area contributed by atoms with Crippen molar-refractivity contribution in [2.45, 2.75) is 39.2 Å². The highest BCUT2D eigenvalue weighted by atomic mass is 32.1. The van der Waals surface area contributed by atoms with Crippen molar-refractivity contribution in [3.63, 3.8) is 0 Å². The number of alkyl halides is 3. The number of nitrogens with zero attached hydrogens (tertiary/aromatic N) is 4. The molecule has 1 N–H and O–H groups in total. The lowest BCUT2D eigenvalue weighted by Crippen LogP contribution is -2.58. The third kappa shape index (κ3) is 5.42. The molecule has 2 aromatic carbocycles. The van der Waals surface area contributed by atoms with E-state index in [-0.39, 0.29) is 17.7 Å². The average molecular weight is 544 g/mol. The largest absolute Gasteiger partial charge is 0.573 e. The lowest BCUT2D eigenvalue weighted by atomic mass is 10.0. The topological polar surface area (TPSA) is 62.1 Å². The van der Waals surface area contributed by atoms with Gasteiger partial charge in [0, 0.05) is 49.1 Å². The number of anilines is 2. The van der Waals surface area contributed by atoms with Crippen LogP contribution < -0.4 is 19.9 Å². The minimum atomic E-state index is -4.69. The number of halogens is 3. The Morgan fingerprint density at radius 3 is 2.47 bits per heavy atom. The highest BCUT2D eigenvalue weighted by Gasteiger charge is 2.32. The number of thiazole rings is 1. The summed E-state index contributed by atoms with van der Waals surface area (Å²) in [6.45, 7) is 5.93. The quantitative estimate of drug-likeness (QED) is 0.322. The highest BCUT2D eigenvalue weighted by molar-refractivity contribution is 7.17. The van der Waals surface area contributed by atoms with E-state index in [1.54, 1.807) is 23.5 Å². The van der Waals surface area contributed by atoms with Gasteiger partial charge in [-0.15, -0.1) is 24.5 Å². The van der Waals surface area contributed by atoms with Gasteiger partial charge in [0.15, 0.2) is 4.96 Å². The maximum Gasteiger partial charge on any atom is 0.573 e. The maximum absolute atomic E-state index is 13.0. The Hall–Kier alpha value is -3.73. The lowest BCUT2D eigenvalue weighted by molar-refractivity contribution is -0.274. The van der Waals surface area contributed by atoms with E-state index in [0.717, 1.165) is 45.6 Å². The van der Waals surface area contributed by atoms with Gasteiger partial charge >= 0.3 is 6.36 Å². The van der Waals surface area contributed by atoms with Gasteiger partial charge in [-0.05, 0) is 55.3 Å². The van der Waals surface area contributed by atoms with Crippen molar-refractivity contribution in [2.75, 3.05) is 29.9 Å². The maximum atomic E-state index is 13.0. The van der Waals surface area contributed by atoms with Crippen molar-refractivity contribution in [2.24, 2.45) is 0 Å². The van der Waals surface area contributed by atoms with E-state index in [9.17, 15) is 18.0 Å². The van der Waals surface area contributed by atoms with Crippen LogP contribution in [0, 0.1) is 6.92 Å². The fourth-order valence-corrected chi connectivity index (χ4v) is 5.43. The molecular weight excluding hydrogens is 515 g/mol. The van der Waals surface area contributed by atoms with Crippen LogP contribution in [-0.4, -0.2) is 47.8 Å². The summed E-state index contributed by atoms with van der Waals surface area (Å²) in [7, 11) is 2.03. The molecule has 0 atom stereocenters. The molecule has 3 heterocycles. The molecule has 0 bridgehead atoms. The molecule has 1 saturated heterocycles. The number of amides is 1.